The van der Waals surface area contributed by atoms with Gasteiger partial charge < -0.3 is 15.3 Å². The lowest BCUT2D eigenvalue weighted by atomic mass is 10.1. The number of carbonyl (C=O) groups is 2. The molecule has 2 N–H and O–H groups in total. The van der Waals surface area contributed by atoms with Crippen LogP contribution in [0.5, 0.6) is 0 Å². The summed E-state index contributed by atoms with van der Waals surface area (Å²) in [6.07, 6.45) is 11.0. The molecule has 6 heteroatoms. The van der Waals surface area contributed by atoms with E-state index >= 15 is 0 Å². The van der Waals surface area contributed by atoms with Gasteiger partial charge in [0.15, 0.2) is 0 Å². The highest BCUT2D eigenvalue weighted by molar-refractivity contribution is 7.99. The second-order valence-corrected chi connectivity index (χ2v) is 8.31. The molecule has 0 aromatic heterocycles. The lowest BCUT2D eigenvalue weighted by Crippen LogP contribution is -2.46. The molecule has 27 heavy (non-hydrogen) atoms. The van der Waals surface area contributed by atoms with E-state index in [2.05, 4.69) is 51.2 Å². The van der Waals surface area contributed by atoms with Gasteiger partial charge in [0.2, 0.25) is 0 Å². The number of rotatable bonds is 12. The third-order valence-electron chi connectivity index (χ3n) is 3.96. The summed E-state index contributed by atoms with van der Waals surface area (Å²) < 4.78 is 0. The highest BCUT2D eigenvalue weighted by Gasteiger charge is 2.20. The number of carboxylic acids is 1. The van der Waals surface area contributed by atoms with Gasteiger partial charge in [0.05, 0.1) is 0 Å². The molecule has 0 aliphatic carbocycles. The summed E-state index contributed by atoms with van der Waals surface area (Å²) in [6, 6.07) is -1.26. The second kappa shape index (κ2) is 14.4. The number of carbonyl (C=O) groups excluding carboxylic acids is 1. The van der Waals surface area contributed by atoms with Crippen molar-refractivity contribution in [1.29, 1.82) is 0 Å². The zero-order valence-corrected chi connectivity index (χ0v) is 18.5. The van der Waals surface area contributed by atoms with Crippen LogP contribution < -0.4 is 5.32 Å². The van der Waals surface area contributed by atoms with Gasteiger partial charge in [-0.1, -0.05) is 34.9 Å². The molecule has 0 radical (unpaired) electrons. The maximum atomic E-state index is 11.6. The molecule has 154 valence electrons. The molecule has 0 heterocycles. The fourth-order valence-electron chi connectivity index (χ4n) is 2.18. The molecule has 0 fully saturated rings. The van der Waals surface area contributed by atoms with Crippen molar-refractivity contribution in [3.05, 3.63) is 34.9 Å². The van der Waals surface area contributed by atoms with Crippen LogP contribution in [0.25, 0.3) is 0 Å². The molecule has 5 nitrogen and oxygen atoms in total. The normalized spacial score (nSPS) is 13.1. The average Bonchev–Trinajstić information content (AvgIpc) is 2.56. The van der Waals surface area contributed by atoms with Crippen molar-refractivity contribution in [2.24, 2.45) is 0 Å². The third kappa shape index (κ3) is 14.1. The number of nitrogens with one attached hydrogen (secondary N) is 1. The summed E-state index contributed by atoms with van der Waals surface area (Å²) >= 11 is 1.51. The quantitative estimate of drug-likeness (QED) is 0.365. The first-order chi connectivity index (χ1) is 12.6. The SMILES string of the molecule is CC(C)=CCC/C(C)=C/CC/C(C)=C/CSC[C@H](NC(=O)N(C)C)C(=O)O. The highest BCUT2D eigenvalue weighted by atomic mass is 32.2. The lowest BCUT2D eigenvalue weighted by molar-refractivity contribution is -0.138. The van der Waals surface area contributed by atoms with Gasteiger partial charge in [0, 0.05) is 25.6 Å². The van der Waals surface area contributed by atoms with E-state index in [9.17, 15) is 14.7 Å². The van der Waals surface area contributed by atoms with Crippen molar-refractivity contribution in [3.8, 4) is 0 Å². The molecule has 1 atom stereocenters. The van der Waals surface area contributed by atoms with Gasteiger partial charge in [-0.2, -0.15) is 11.8 Å². The van der Waals surface area contributed by atoms with Crippen LogP contribution >= 0.6 is 11.8 Å². The number of allylic oxidation sites excluding steroid dienone is 5. The lowest BCUT2D eigenvalue weighted by Gasteiger charge is -2.17. The van der Waals surface area contributed by atoms with Crippen molar-refractivity contribution in [3.63, 3.8) is 0 Å². The first kappa shape index (κ1) is 25.3. The Hall–Kier alpha value is -1.69. The van der Waals surface area contributed by atoms with E-state index in [1.165, 1.54) is 33.4 Å². The number of nitrogens with zero attached hydrogens (tertiary/aromatic N) is 1. The summed E-state index contributed by atoms with van der Waals surface area (Å²) in [5.74, 6) is 0.0887. The van der Waals surface area contributed by atoms with Crippen molar-refractivity contribution < 1.29 is 14.7 Å². The fourth-order valence-corrected chi connectivity index (χ4v) is 3.18. The Kier molecular flexibility index (Phi) is 13.5. The summed E-state index contributed by atoms with van der Waals surface area (Å²) in [5, 5.41) is 11.7. The summed E-state index contributed by atoms with van der Waals surface area (Å²) in [7, 11) is 3.18. The largest absolute Gasteiger partial charge is 0.480 e. The molecule has 0 spiro atoms. The summed E-state index contributed by atoms with van der Waals surface area (Å²) in [6.45, 7) is 8.54. The maximum absolute atomic E-state index is 11.6. The molecule has 0 rings (SSSR count). The van der Waals surface area contributed by atoms with Crippen molar-refractivity contribution in [1.82, 2.24) is 10.2 Å². The van der Waals surface area contributed by atoms with Crippen LogP contribution in [0.2, 0.25) is 0 Å². The van der Waals surface area contributed by atoms with Gasteiger partial charge >= 0.3 is 12.0 Å². The van der Waals surface area contributed by atoms with Crippen LogP contribution in [0, 0.1) is 0 Å². The summed E-state index contributed by atoms with van der Waals surface area (Å²) in [4.78, 5) is 24.2. The second-order valence-electron chi connectivity index (χ2n) is 7.23. The fraction of sp³-hybridized carbons (Fsp3) is 0.619. The van der Waals surface area contributed by atoms with Crippen LogP contribution in [0.4, 0.5) is 4.79 Å². The van der Waals surface area contributed by atoms with Crippen LogP contribution in [-0.2, 0) is 4.79 Å². The molecular weight excluding hydrogens is 360 g/mol. The number of hydrogen-bond donors (Lipinski definition) is 2. The third-order valence-corrected chi connectivity index (χ3v) is 4.93. The minimum absolute atomic E-state index is 0.349. The Morgan fingerprint density at radius 2 is 1.56 bits per heavy atom. The molecule has 0 aromatic rings. The number of hydrogen-bond acceptors (Lipinski definition) is 3. The van der Waals surface area contributed by atoms with Crippen molar-refractivity contribution >= 4 is 23.8 Å². The topological polar surface area (TPSA) is 69.6 Å². The van der Waals surface area contributed by atoms with Crippen LogP contribution in [0.15, 0.2) is 34.9 Å². The molecular formula is C21H36N2O3S. The van der Waals surface area contributed by atoms with E-state index in [1.807, 2.05) is 0 Å². The van der Waals surface area contributed by atoms with Gasteiger partial charge in [-0.25, -0.2) is 9.59 Å². The van der Waals surface area contributed by atoms with Gasteiger partial charge in [0.1, 0.15) is 6.04 Å². The number of urea groups is 1. The van der Waals surface area contributed by atoms with Crippen molar-refractivity contribution in [2.45, 2.75) is 59.4 Å². The molecule has 0 aliphatic rings. The molecule has 0 bridgehead atoms. The van der Waals surface area contributed by atoms with Crippen LogP contribution in [-0.4, -0.2) is 53.6 Å². The van der Waals surface area contributed by atoms with Crippen LogP contribution in [0.3, 0.4) is 0 Å². The molecule has 0 saturated carbocycles. The number of aliphatic carboxylic acids is 1. The Balaban J connectivity index is 4.18. The van der Waals surface area contributed by atoms with Gasteiger partial charge in [-0.05, 0) is 53.4 Å². The minimum Gasteiger partial charge on any atom is -0.480 e. The number of carboxylic acid groups (broad SMARTS) is 1. The minimum atomic E-state index is -1.01. The Morgan fingerprint density at radius 3 is 2.07 bits per heavy atom. The Bertz CT molecular complexity index is 562. The van der Waals surface area contributed by atoms with E-state index < -0.39 is 12.0 Å². The Morgan fingerprint density at radius 1 is 1.00 bits per heavy atom. The van der Waals surface area contributed by atoms with E-state index in [-0.39, 0.29) is 6.03 Å². The van der Waals surface area contributed by atoms with E-state index in [4.69, 9.17) is 0 Å². The predicted octanol–water partition coefficient (Wildman–Crippen LogP) is 4.86. The first-order valence-corrected chi connectivity index (χ1v) is 10.5. The van der Waals surface area contributed by atoms with Gasteiger partial charge in [-0.3, -0.25) is 0 Å². The molecule has 0 aliphatic heterocycles. The van der Waals surface area contributed by atoms with E-state index in [1.54, 1.807) is 14.1 Å². The zero-order valence-electron chi connectivity index (χ0n) is 17.7. The number of amides is 2. The molecule has 0 aromatic carbocycles. The van der Waals surface area contributed by atoms with Gasteiger partial charge in [0.25, 0.3) is 0 Å². The van der Waals surface area contributed by atoms with Crippen molar-refractivity contribution in [2.75, 3.05) is 25.6 Å². The number of thioether (sulfide) groups is 1. The first-order valence-electron chi connectivity index (χ1n) is 9.36. The average molecular weight is 397 g/mol. The Labute approximate surface area is 169 Å². The van der Waals surface area contributed by atoms with E-state index in [0.29, 0.717) is 5.75 Å². The standard InChI is InChI=1S/C21H36N2O3S/c1-16(2)9-7-10-17(3)11-8-12-18(4)13-14-27-15-19(20(24)25)22-21(26)23(5)6/h9,11,13,19H,7-8,10,12,14-15H2,1-6H3,(H,22,26)(H,24,25)/b17-11+,18-13+/t19-/m0/s1. The smallest absolute Gasteiger partial charge is 0.327 e. The predicted molar refractivity (Wildman–Crippen MR) is 116 cm³/mol. The highest BCUT2D eigenvalue weighted by Crippen LogP contribution is 2.13. The molecule has 2 amide bonds. The van der Waals surface area contributed by atoms with Gasteiger partial charge in [-0.15, -0.1) is 0 Å². The summed E-state index contributed by atoms with van der Waals surface area (Å²) in [5.41, 5.74) is 4.10. The zero-order chi connectivity index (χ0) is 20.8. The van der Waals surface area contributed by atoms with E-state index in [0.717, 1.165) is 31.4 Å². The maximum Gasteiger partial charge on any atom is 0.327 e. The molecule has 0 unspecified atom stereocenters. The monoisotopic (exact) mass is 396 g/mol. The van der Waals surface area contributed by atoms with Crippen LogP contribution in [0.1, 0.15) is 53.4 Å². The molecule has 0 saturated heterocycles.